The van der Waals surface area contributed by atoms with E-state index in [-0.39, 0.29) is 47.3 Å². The van der Waals surface area contributed by atoms with Crippen LogP contribution in [0.3, 0.4) is 0 Å². The molecule has 0 amide bonds. The first-order valence-corrected chi connectivity index (χ1v) is 16.3. The number of allylic oxidation sites excluding steroid dienone is 6. The summed E-state index contributed by atoms with van der Waals surface area (Å²) >= 11 is 1.30. The maximum atomic E-state index is 11.9. The fourth-order valence-corrected chi connectivity index (χ4v) is 5.48. The number of hydrogen-bond acceptors (Lipinski definition) is 0. The van der Waals surface area contributed by atoms with Gasteiger partial charge in [0.2, 0.25) is 0 Å². The molecule has 0 heterocycles. The molecule has 0 aliphatic heterocycles. The Kier molecular flexibility index (Phi) is 15.2. The molecule has 0 N–H and O–H groups in total. The van der Waals surface area contributed by atoms with E-state index in [4.69, 9.17) is 0 Å². The summed E-state index contributed by atoms with van der Waals surface area (Å²) in [4.78, 5) is 0. The van der Waals surface area contributed by atoms with Crippen molar-refractivity contribution in [1.29, 1.82) is 0 Å². The molecule has 0 fully saturated rings. The van der Waals surface area contributed by atoms with Crippen LogP contribution in [-0.2, 0) is 41.5 Å². The maximum absolute atomic E-state index is 11.9. The van der Waals surface area contributed by atoms with E-state index in [9.17, 15) is 8.78 Å². The second-order valence-corrected chi connectivity index (χ2v) is 11.8. The van der Waals surface area contributed by atoms with Gasteiger partial charge in [-0.05, 0) is 45.9 Å². The van der Waals surface area contributed by atoms with Gasteiger partial charge < -0.3 is 0 Å². The molecule has 0 atom stereocenters. The van der Waals surface area contributed by atoms with Gasteiger partial charge in [0.15, 0.2) is 0 Å². The van der Waals surface area contributed by atoms with Crippen molar-refractivity contribution < 1.29 is 33.0 Å². The van der Waals surface area contributed by atoms with Crippen molar-refractivity contribution in [3.8, 4) is 11.1 Å². The summed E-state index contributed by atoms with van der Waals surface area (Å²) < 4.78 is 27.1. The fourth-order valence-electron chi connectivity index (χ4n) is 5.48. The van der Waals surface area contributed by atoms with Crippen LogP contribution in [0, 0.1) is 35.9 Å². The Morgan fingerprint density at radius 2 is 1.26 bits per heavy atom. The van der Waals surface area contributed by atoms with E-state index in [0.717, 1.165) is 12.8 Å². The second-order valence-electron chi connectivity index (χ2n) is 11.8. The summed E-state index contributed by atoms with van der Waals surface area (Å²) in [6.07, 6.45) is 21.4. The van der Waals surface area contributed by atoms with Gasteiger partial charge in [-0.15, -0.1) is 67.1 Å². The van der Waals surface area contributed by atoms with Gasteiger partial charge in [0.1, 0.15) is 0 Å². The molecule has 5 heteroatoms. The predicted octanol–water partition coefficient (Wildman–Crippen LogP) is 11.0. The van der Waals surface area contributed by atoms with E-state index in [1.54, 1.807) is 0 Å². The molecule has 4 aliphatic carbocycles. The van der Waals surface area contributed by atoms with Crippen molar-refractivity contribution in [3.63, 3.8) is 0 Å². The molecule has 0 saturated heterocycles. The third-order valence-corrected chi connectivity index (χ3v) is 7.80. The molecule has 0 nitrogen and oxygen atoms in total. The van der Waals surface area contributed by atoms with Crippen LogP contribution in [0.4, 0.5) is 8.78 Å². The summed E-state index contributed by atoms with van der Waals surface area (Å²) in [7, 11) is 0. The number of hydrogen-bond donors (Lipinski definition) is 0. The van der Waals surface area contributed by atoms with E-state index in [2.05, 4.69) is 105 Å². The normalized spacial score (nSPS) is 14.8. The van der Waals surface area contributed by atoms with Crippen LogP contribution in [0.15, 0.2) is 97.1 Å². The molecule has 0 aromatic heterocycles. The van der Waals surface area contributed by atoms with E-state index in [1.165, 1.54) is 117 Å². The molecule has 0 bridgehead atoms. The molecule has 4 aromatic carbocycles. The average Bonchev–Trinajstić information content (AvgIpc) is 3.82. The predicted molar refractivity (Wildman–Crippen MR) is 191 cm³/mol. The second kappa shape index (κ2) is 17.8. The van der Waals surface area contributed by atoms with E-state index < -0.39 is 0 Å². The molecule has 4 aliphatic rings. The van der Waals surface area contributed by atoms with Crippen LogP contribution in [0.2, 0.25) is 0 Å². The Morgan fingerprint density at radius 3 is 1.70 bits per heavy atom. The van der Waals surface area contributed by atoms with Crippen LogP contribution in [0.5, 0.6) is 0 Å². The first-order chi connectivity index (χ1) is 21.1. The minimum atomic E-state index is -0.209. The number of benzene rings is 4. The first-order valence-electron chi connectivity index (χ1n) is 14.6. The molecule has 0 spiro atoms. The first kappa shape index (κ1) is 39.2. The van der Waals surface area contributed by atoms with Crippen LogP contribution in [-0.4, -0.2) is 4.21 Å². The Morgan fingerprint density at radius 1 is 0.739 bits per heavy atom. The van der Waals surface area contributed by atoms with Crippen molar-refractivity contribution in [2.75, 3.05) is 0 Å². The van der Waals surface area contributed by atoms with Gasteiger partial charge in [0.25, 0.3) is 0 Å². The van der Waals surface area contributed by atoms with E-state index >= 15 is 0 Å². The zero-order valence-electron chi connectivity index (χ0n) is 26.6. The minimum absolute atomic E-state index is 0. The van der Waals surface area contributed by atoms with Gasteiger partial charge in [0, 0.05) is 17.0 Å². The molecule has 4 aromatic rings. The summed E-state index contributed by atoms with van der Waals surface area (Å²) in [5, 5.41) is 0. The number of halogens is 4. The fraction of sp³-hybridized carbons (Fsp3) is 0.195. The van der Waals surface area contributed by atoms with Crippen molar-refractivity contribution in [2.45, 2.75) is 51.4 Å². The molecular formula is C41H38Cl2F2Zr-4. The van der Waals surface area contributed by atoms with Gasteiger partial charge >= 0.3 is 28.4 Å². The monoisotopic (exact) mass is 728 g/mol. The van der Waals surface area contributed by atoms with Gasteiger partial charge in [-0.25, -0.2) is 27.0 Å². The van der Waals surface area contributed by atoms with Gasteiger partial charge in [-0.3, -0.25) is 12.2 Å². The molecule has 46 heavy (non-hydrogen) atoms. The summed E-state index contributed by atoms with van der Waals surface area (Å²) in [6, 6.07) is 26.6. The molecule has 0 unspecified atom stereocenters. The molecule has 0 radical (unpaired) electrons. The third kappa shape index (κ3) is 9.77. The Bertz CT molecular complexity index is 1580. The standard InChI is InChI=1S/C23H21.2C6H4F.C5H5.CH2.2ClH.Zr/c1-22(2)7-5-14-10-18-16(12-20(14)22)9-17-13-21-15(11-19(17)18)6-8-23(21,3)4;2*7-6-4-2-1-3-5-6;1-2-4-5-3-1;;;;/h5-7,10-13H,9H2,1-4H3;2*2-5H;1-3H,4H2;1H2;2*1H;/q4*-1;;;;. The summed E-state index contributed by atoms with van der Waals surface area (Å²) in [5.74, 6) is -0.419. The summed E-state index contributed by atoms with van der Waals surface area (Å²) in [5.41, 5.74) is 11.7. The molecule has 238 valence electrons. The van der Waals surface area contributed by atoms with Crippen LogP contribution >= 0.6 is 24.8 Å². The molecule has 8 rings (SSSR count). The zero-order chi connectivity index (χ0) is 31.7. The topological polar surface area (TPSA) is 0 Å². The third-order valence-electron chi connectivity index (χ3n) is 7.80. The number of rotatable bonds is 0. The van der Waals surface area contributed by atoms with Gasteiger partial charge in [0.05, 0.1) is 0 Å². The number of fused-ring (bicyclic) bond motifs is 5. The van der Waals surface area contributed by atoms with Crippen LogP contribution in [0.25, 0.3) is 23.3 Å². The molecular weight excluding hydrogens is 693 g/mol. The van der Waals surface area contributed by atoms with E-state index in [0.29, 0.717) is 0 Å². The van der Waals surface area contributed by atoms with Crippen molar-refractivity contribution in [1.82, 2.24) is 0 Å². The van der Waals surface area contributed by atoms with E-state index in [1.807, 2.05) is 12.2 Å². The Labute approximate surface area is 301 Å². The zero-order valence-corrected chi connectivity index (χ0v) is 30.7. The van der Waals surface area contributed by atoms with Crippen LogP contribution < -0.4 is 0 Å². The van der Waals surface area contributed by atoms with Crippen molar-refractivity contribution in [2.24, 2.45) is 0 Å². The average molecular weight is 731 g/mol. The Hall–Kier alpha value is -2.97. The quantitative estimate of drug-likeness (QED) is 0.139. The van der Waals surface area contributed by atoms with Gasteiger partial charge in [-0.1, -0.05) is 57.4 Å². The van der Waals surface area contributed by atoms with Crippen LogP contribution in [0.1, 0.15) is 67.5 Å². The molecule has 0 saturated carbocycles. The SMILES string of the molecule is CC1(C)[C-]=Cc2cc3c(cc21)Cc1cc2c(cc1-3)C=CC2(C)C.Cl.Cl.Fc1cc[c-]cc1.Fc1cc[c-]cc1.[C-]1=CC=CC1.[CH2]=[Zr]. The van der Waals surface area contributed by atoms with Crippen molar-refractivity contribution >= 4 is 41.2 Å². The van der Waals surface area contributed by atoms with Gasteiger partial charge in [-0.2, -0.15) is 48.0 Å². The van der Waals surface area contributed by atoms with Crippen molar-refractivity contribution in [3.05, 3.63) is 166 Å². The Balaban J connectivity index is 0.000000263. The summed E-state index contributed by atoms with van der Waals surface area (Å²) in [6.45, 7) is 9.13.